The summed E-state index contributed by atoms with van der Waals surface area (Å²) in [6.45, 7) is 6.55. The van der Waals surface area contributed by atoms with Gasteiger partial charge in [-0.25, -0.2) is 4.79 Å². The molecule has 5 aromatic rings. The Morgan fingerprint density at radius 3 is 1.92 bits per heavy atom. The summed E-state index contributed by atoms with van der Waals surface area (Å²) < 4.78 is 11.0. The molecule has 1 aliphatic rings. The summed E-state index contributed by atoms with van der Waals surface area (Å²) in [5, 5.41) is 4.02. The van der Waals surface area contributed by atoms with Gasteiger partial charge in [0.05, 0.1) is 18.4 Å². The van der Waals surface area contributed by atoms with Crippen LogP contribution >= 0.6 is 0 Å². The third-order valence-electron chi connectivity index (χ3n) is 8.69. The maximum absolute atomic E-state index is 13.5. The van der Waals surface area contributed by atoms with Crippen LogP contribution in [0.1, 0.15) is 46.9 Å². The van der Waals surface area contributed by atoms with Gasteiger partial charge in [-0.1, -0.05) is 102 Å². The minimum absolute atomic E-state index is 0.0310. The summed E-state index contributed by atoms with van der Waals surface area (Å²) in [4.78, 5) is 34.5. The van der Waals surface area contributed by atoms with E-state index in [0.29, 0.717) is 42.5 Å². The lowest BCUT2D eigenvalue weighted by atomic mass is 9.96. The first kappa shape index (κ1) is 34.1. The molecule has 8 heteroatoms. The van der Waals surface area contributed by atoms with Crippen LogP contribution in [-0.4, -0.2) is 66.8 Å². The zero-order valence-corrected chi connectivity index (χ0v) is 28.4. The lowest BCUT2D eigenvalue weighted by molar-refractivity contribution is -0.148. The minimum atomic E-state index is -0.451. The molecule has 0 spiro atoms. The van der Waals surface area contributed by atoms with Gasteiger partial charge in [0.25, 0.3) is 5.91 Å². The van der Waals surface area contributed by atoms with Crippen LogP contribution < -0.4 is 4.74 Å². The highest BCUT2D eigenvalue weighted by molar-refractivity contribution is 5.98. The van der Waals surface area contributed by atoms with Gasteiger partial charge in [0.2, 0.25) is 6.61 Å². The van der Waals surface area contributed by atoms with E-state index in [1.807, 2.05) is 96.8 Å². The first-order valence-electron chi connectivity index (χ1n) is 16.9. The Kier molecular flexibility index (Phi) is 11.3. The van der Waals surface area contributed by atoms with E-state index < -0.39 is 5.97 Å². The Balaban J connectivity index is 1.04. The van der Waals surface area contributed by atoms with E-state index in [1.165, 1.54) is 11.1 Å². The van der Waals surface area contributed by atoms with Crippen molar-refractivity contribution in [2.24, 2.45) is 5.16 Å². The fraction of sp³-hybridized carbons (Fsp3) is 0.214. The topological polar surface area (TPSA) is 80.7 Å². The molecular formula is C42H41N3O5. The Labute approximate surface area is 293 Å². The average Bonchev–Trinajstić information content (AvgIpc) is 3.16. The summed E-state index contributed by atoms with van der Waals surface area (Å²) in [6.07, 6.45) is 0. The largest absolute Gasteiger partial charge is 0.463 e. The number of hydrogen-bond donors (Lipinski definition) is 0. The molecule has 0 aromatic heterocycles. The van der Waals surface area contributed by atoms with E-state index in [2.05, 4.69) is 58.6 Å². The second kappa shape index (κ2) is 16.6. The van der Waals surface area contributed by atoms with Crippen molar-refractivity contribution < 1.29 is 23.9 Å². The molecule has 0 atom stereocenters. The number of rotatable bonds is 12. The molecular weight excluding hydrogens is 626 g/mol. The van der Waals surface area contributed by atoms with Crippen LogP contribution in [0, 0.1) is 0 Å². The summed E-state index contributed by atoms with van der Waals surface area (Å²) in [6, 6.07) is 44.4. The normalized spacial score (nSPS) is 13.6. The summed E-state index contributed by atoms with van der Waals surface area (Å²) >= 11 is 0. The molecule has 6 rings (SSSR count). The van der Waals surface area contributed by atoms with Gasteiger partial charge in [-0.3, -0.25) is 9.69 Å². The average molecular weight is 668 g/mol. The Hall–Kier alpha value is -5.73. The number of benzene rings is 5. The number of esters is 1. The molecule has 0 bridgehead atoms. The van der Waals surface area contributed by atoms with E-state index in [1.54, 1.807) is 6.92 Å². The number of oxime groups is 1. The Bertz CT molecular complexity index is 1850. The molecule has 8 nitrogen and oxygen atoms in total. The molecule has 1 aliphatic heterocycles. The second-order valence-electron chi connectivity index (χ2n) is 12.0. The Morgan fingerprint density at radius 1 is 0.680 bits per heavy atom. The third kappa shape index (κ3) is 8.64. The minimum Gasteiger partial charge on any atom is -0.463 e. The van der Waals surface area contributed by atoms with Crippen LogP contribution in [-0.2, 0) is 14.4 Å². The third-order valence-corrected chi connectivity index (χ3v) is 8.69. The number of carbonyl (C=O) groups is 2. The zero-order valence-electron chi connectivity index (χ0n) is 28.4. The molecule has 254 valence electrons. The number of carbonyl (C=O) groups excluding carboxylic acids is 2. The van der Waals surface area contributed by atoms with Crippen molar-refractivity contribution >= 4 is 17.6 Å². The highest BCUT2D eigenvalue weighted by atomic mass is 16.7. The fourth-order valence-corrected chi connectivity index (χ4v) is 6.13. The molecule has 0 N–H and O–H groups in total. The van der Waals surface area contributed by atoms with E-state index in [-0.39, 0.29) is 18.6 Å². The highest BCUT2D eigenvalue weighted by Gasteiger charge is 2.28. The van der Waals surface area contributed by atoms with Crippen molar-refractivity contribution in [2.45, 2.75) is 19.9 Å². The van der Waals surface area contributed by atoms with Gasteiger partial charge in [0.15, 0.2) is 0 Å². The van der Waals surface area contributed by atoms with Gasteiger partial charge < -0.3 is 19.2 Å². The first-order valence-corrected chi connectivity index (χ1v) is 16.9. The molecule has 1 saturated heterocycles. The molecule has 50 heavy (non-hydrogen) atoms. The van der Waals surface area contributed by atoms with Crippen molar-refractivity contribution in [1.29, 1.82) is 0 Å². The van der Waals surface area contributed by atoms with E-state index in [9.17, 15) is 9.59 Å². The molecule has 1 amide bonds. The lowest BCUT2D eigenvalue weighted by Gasteiger charge is -2.39. The number of nitrogens with zero attached hydrogens (tertiary/aromatic N) is 3. The summed E-state index contributed by atoms with van der Waals surface area (Å²) in [5.74, 6) is 0.927. The molecule has 1 heterocycles. The van der Waals surface area contributed by atoms with Gasteiger partial charge in [-0.2, -0.15) is 0 Å². The zero-order chi connectivity index (χ0) is 34.7. The molecule has 0 saturated carbocycles. The van der Waals surface area contributed by atoms with Gasteiger partial charge in [-0.15, -0.1) is 0 Å². The smallest absolute Gasteiger partial charge is 0.347 e. The van der Waals surface area contributed by atoms with Crippen LogP contribution in [0.15, 0.2) is 139 Å². The highest BCUT2D eigenvalue weighted by Crippen LogP contribution is 2.31. The van der Waals surface area contributed by atoms with Crippen LogP contribution in [0.4, 0.5) is 0 Å². The monoisotopic (exact) mass is 667 g/mol. The molecule has 0 radical (unpaired) electrons. The van der Waals surface area contributed by atoms with Crippen molar-refractivity contribution in [3.8, 4) is 22.6 Å². The maximum Gasteiger partial charge on any atom is 0.347 e. The van der Waals surface area contributed by atoms with Gasteiger partial charge in [-0.05, 0) is 78.1 Å². The number of hydrogen-bond acceptors (Lipinski definition) is 7. The molecule has 0 aliphatic carbocycles. The molecule has 5 aromatic carbocycles. The number of piperazine rings is 1. The fourth-order valence-electron chi connectivity index (χ4n) is 6.13. The quantitative estimate of drug-likeness (QED) is 0.0762. The predicted octanol–water partition coefficient (Wildman–Crippen LogP) is 8.00. The first-order chi connectivity index (χ1) is 24.5. The predicted molar refractivity (Wildman–Crippen MR) is 195 cm³/mol. The van der Waals surface area contributed by atoms with Gasteiger partial charge >= 0.3 is 5.97 Å². The number of amides is 1. The molecule has 1 fully saturated rings. The van der Waals surface area contributed by atoms with E-state index in [0.717, 1.165) is 29.8 Å². The summed E-state index contributed by atoms with van der Waals surface area (Å²) in [7, 11) is 0. The van der Waals surface area contributed by atoms with E-state index in [4.69, 9.17) is 14.3 Å². The van der Waals surface area contributed by atoms with Crippen LogP contribution in [0.5, 0.6) is 11.5 Å². The van der Waals surface area contributed by atoms with Crippen LogP contribution in [0.25, 0.3) is 11.1 Å². The number of ether oxygens (including phenoxy) is 2. The second-order valence-corrected chi connectivity index (χ2v) is 12.0. The summed E-state index contributed by atoms with van der Waals surface area (Å²) in [5.41, 5.74) is 6.71. The van der Waals surface area contributed by atoms with Crippen LogP contribution in [0.2, 0.25) is 0 Å². The lowest BCUT2D eigenvalue weighted by Crippen LogP contribution is -2.49. The maximum atomic E-state index is 13.5. The molecule has 0 unspecified atom stereocenters. The SMILES string of the molecule is CCOC(=O)CON=C(C)c1ccc(-c2cccc(Oc3ccc(C(=O)N4CCN(C(c5ccccc5)c5ccccc5)CC4)cc3)c2)cc1. The van der Waals surface area contributed by atoms with Crippen molar-refractivity contribution in [2.75, 3.05) is 39.4 Å². The Morgan fingerprint density at radius 2 is 1.30 bits per heavy atom. The van der Waals surface area contributed by atoms with Gasteiger partial charge in [0, 0.05) is 31.7 Å². The van der Waals surface area contributed by atoms with Crippen molar-refractivity contribution in [1.82, 2.24) is 9.80 Å². The van der Waals surface area contributed by atoms with Crippen molar-refractivity contribution in [3.05, 3.63) is 156 Å². The van der Waals surface area contributed by atoms with Crippen LogP contribution in [0.3, 0.4) is 0 Å². The van der Waals surface area contributed by atoms with Crippen molar-refractivity contribution in [3.63, 3.8) is 0 Å². The van der Waals surface area contributed by atoms with Gasteiger partial charge in [0.1, 0.15) is 11.5 Å². The van der Waals surface area contributed by atoms with E-state index >= 15 is 0 Å². The standard InChI is InChI=1S/C42H41N3O5/c1-3-48-40(46)30-49-43-31(2)32-17-19-33(20-18-32)37-15-10-16-39(29-37)50-38-23-21-36(22-24-38)42(47)45-27-25-44(26-28-45)41(34-11-6-4-7-12-34)35-13-8-5-9-14-35/h4-24,29,41H,3,25-28,30H2,1-2H3.